The van der Waals surface area contributed by atoms with Gasteiger partial charge < -0.3 is 14.8 Å². The lowest BCUT2D eigenvalue weighted by Crippen LogP contribution is -2.20. The average molecular weight is 449 g/mol. The maximum atomic E-state index is 12.6. The van der Waals surface area contributed by atoms with Crippen LogP contribution in [0.4, 0.5) is 18.9 Å². The van der Waals surface area contributed by atoms with Gasteiger partial charge in [-0.05, 0) is 43.9 Å². The van der Waals surface area contributed by atoms with Crippen LogP contribution in [0.5, 0.6) is 11.5 Å². The number of rotatable bonds is 6. The molecule has 3 rings (SSSR count). The molecule has 5 nitrogen and oxygen atoms in total. The van der Waals surface area contributed by atoms with E-state index >= 15 is 0 Å². The van der Waals surface area contributed by atoms with Gasteiger partial charge in [-0.1, -0.05) is 23.2 Å². The van der Waals surface area contributed by atoms with Crippen LogP contribution < -0.4 is 14.8 Å². The van der Waals surface area contributed by atoms with E-state index < -0.39 is 18.7 Å². The number of benzene rings is 1. The first kappa shape index (κ1) is 21.5. The number of pyridine rings is 1. The van der Waals surface area contributed by atoms with E-state index in [0.717, 1.165) is 25.7 Å². The van der Waals surface area contributed by atoms with Gasteiger partial charge in [-0.15, -0.1) is 0 Å². The highest BCUT2D eigenvalue weighted by Crippen LogP contribution is 2.35. The molecule has 0 radical (unpaired) electrons. The summed E-state index contributed by atoms with van der Waals surface area (Å²) in [4.78, 5) is 16.4. The predicted molar refractivity (Wildman–Crippen MR) is 103 cm³/mol. The SMILES string of the molecule is O=C(Nc1c(Cl)cncc1Cl)c1ccc(OCC(F)(F)F)c(OC2CCCC2)c1. The molecular formula is C19H17Cl2F3N2O3. The highest BCUT2D eigenvalue weighted by Gasteiger charge is 2.29. The van der Waals surface area contributed by atoms with Crippen LogP contribution in [0.25, 0.3) is 0 Å². The van der Waals surface area contributed by atoms with Gasteiger partial charge in [0.1, 0.15) is 0 Å². The van der Waals surface area contributed by atoms with Gasteiger partial charge in [-0.3, -0.25) is 9.78 Å². The van der Waals surface area contributed by atoms with Crippen LogP contribution in [0.3, 0.4) is 0 Å². The van der Waals surface area contributed by atoms with E-state index in [1.165, 1.54) is 30.6 Å². The Labute approximate surface area is 175 Å². The third kappa shape index (κ3) is 5.90. The van der Waals surface area contributed by atoms with E-state index in [4.69, 9.17) is 32.7 Å². The molecule has 0 aliphatic heterocycles. The van der Waals surface area contributed by atoms with E-state index in [2.05, 4.69) is 10.3 Å². The lowest BCUT2D eigenvalue weighted by atomic mass is 10.1. The summed E-state index contributed by atoms with van der Waals surface area (Å²) in [6, 6.07) is 3.97. The number of amides is 1. The third-order valence-electron chi connectivity index (χ3n) is 4.29. The van der Waals surface area contributed by atoms with Gasteiger partial charge >= 0.3 is 6.18 Å². The van der Waals surface area contributed by atoms with Crippen LogP contribution in [-0.4, -0.2) is 29.8 Å². The van der Waals surface area contributed by atoms with Gasteiger partial charge in [0.25, 0.3) is 5.91 Å². The molecular weight excluding hydrogens is 432 g/mol. The molecule has 0 bridgehead atoms. The van der Waals surface area contributed by atoms with E-state index in [1.807, 2.05) is 0 Å². The summed E-state index contributed by atoms with van der Waals surface area (Å²) in [5.41, 5.74) is 0.338. The molecule has 1 aromatic carbocycles. The number of alkyl halides is 3. The number of halogens is 5. The Bertz CT molecular complexity index is 867. The van der Waals surface area contributed by atoms with Gasteiger partial charge in [-0.2, -0.15) is 13.2 Å². The smallest absolute Gasteiger partial charge is 0.422 e. The quantitative estimate of drug-likeness (QED) is 0.597. The van der Waals surface area contributed by atoms with Crippen molar-refractivity contribution in [2.75, 3.05) is 11.9 Å². The molecule has 1 aromatic heterocycles. The molecule has 1 saturated carbocycles. The zero-order valence-electron chi connectivity index (χ0n) is 15.1. The largest absolute Gasteiger partial charge is 0.487 e. The zero-order valence-corrected chi connectivity index (χ0v) is 16.6. The first-order valence-corrected chi connectivity index (χ1v) is 9.59. The number of nitrogens with one attached hydrogen (secondary N) is 1. The second-order valence-electron chi connectivity index (χ2n) is 6.52. The lowest BCUT2D eigenvalue weighted by Gasteiger charge is -2.18. The molecule has 0 atom stereocenters. The normalized spacial score (nSPS) is 14.7. The molecule has 0 spiro atoms. The molecule has 0 saturated heterocycles. The fourth-order valence-electron chi connectivity index (χ4n) is 2.92. The summed E-state index contributed by atoms with van der Waals surface area (Å²) >= 11 is 12.0. The third-order valence-corrected chi connectivity index (χ3v) is 4.86. The number of aromatic nitrogens is 1. The molecule has 1 fully saturated rings. The number of carbonyl (C=O) groups is 1. The number of hydrogen-bond acceptors (Lipinski definition) is 4. The first-order valence-electron chi connectivity index (χ1n) is 8.83. The van der Waals surface area contributed by atoms with Crippen molar-refractivity contribution in [2.45, 2.75) is 38.0 Å². The van der Waals surface area contributed by atoms with Gasteiger partial charge in [-0.25, -0.2) is 0 Å². The summed E-state index contributed by atoms with van der Waals surface area (Å²) in [7, 11) is 0. The molecule has 29 heavy (non-hydrogen) atoms. The highest BCUT2D eigenvalue weighted by atomic mass is 35.5. The number of anilines is 1. The lowest BCUT2D eigenvalue weighted by molar-refractivity contribution is -0.153. The molecule has 1 aliphatic rings. The van der Waals surface area contributed by atoms with Crippen molar-refractivity contribution < 1.29 is 27.4 Å². The van der Waals surface area contributed by atoms with Crippen molar-refractivity contribution in [1.29, 1.82) is 0 Å². The summed E-state index contributed by atoms with van der Waals surface area (Å²) in [6.07, 6.45) is 1.55. The minimum Gasteiger partial charge on any atom is -0.487 e. The minimum atomic E-state index is -4.49. The summed E-state index contributed by atoms with van der Waals surface area (Å²) in [6.45, 7) is -1.46. The second kappa shape index (κ2) is 9.09. The first-order chi connectivity index (χ1) is 13.7. The van der Waals surface area contributed by atoms with Gasteiger partial charge in [0.05, 0.1) is 21.8 Å². The van der Waals surface area contributed by atoms with E-state index in [-0.39, 0.29) is 38.9 Å². The molecule has 1 heterocycles. The fraction of sp³-hybridized carbons (Fsp3) is 0.368. The van der Waals surface area contributed by atoms with E-state index in [1.54, 1.807) is 0 Å². The van der Waals surface area contributed by atoms with Gasteiger partial charge in [0.15, 0.2) is 18.1 Å². The maximum Gasteiger partial charge on any atom is 0.422 e. The number of carbonyl (C=O) groups excluding carboxylic acids is 1. The molecule has 1 amide bonds. The average Bonchev–Trinajstić information content (AvgIpc) is 3.16. The number of hydrogen-bond donors (Lipinski definition) is 1. The Morgan fingerprint density at radius 3 is 2.41 bits per heavy atom. The van der Waals surface area contributed by atoms with Crippen LogP contribution >= 0.6 is 23.2 Å². The Morgan fingerprint density at radius 2 is 1.79 bits per heavy atom. The maximum absolute atomic E-state index is 12.6. The topological polar surface area (TPSA) is 60.5 Å². The van der Waals surface area contributed by atoms with Crippen molar-refractivity contribution >= 4 is 34.8 Å². The number of nitrogens with zero attached hydrogens (tertiary/aromatic N) is 1. The summed E-state index contributed by atoms with van der Waals surface area (Å²) in [5, 5.41) is 2.87. The number of ether oxygens (including phenoxy) is 2. The van der Waals surface area contributed by atoms with Crippen LogP contribution in [0.15, 0.2) is 30.6 Å². The second-order valence-corrected chi connectivity index (χ2v) is 7.34. The monoisotopic (exact) mass is 448 g/mol. The minimum absolute atomic E-state index is 0.0780. The Kier molecular flexibility index (Phi) is 6.74. The van der Waals surface area contributed by atoms with Crippen molar-refractivity contribution in [3.8, 4) is 11.5 Å². The fourth-order valence-corrected chi connectivity index (χ4v) is 3.38. The van der Waals surface area contributed by atoms with Crippen LogP contribution in [0.2, 0.25) is 10.0 Å². The molecule has 0 unspecified atom stereocenters. The molecule has 10 heteroatoms. The Hall–Kier alpha value is -2.19. The molecule has 1 N–H and O–H groups in total. The van der Waals surface area contributed by atoms with Crippen LogP contribution in [0, 0.1) is 0 Å². The van der Waals surface area contributed by atoms with Crippen LogP contribution in [-0.2, 0) is 0 Å². The summed E-state index contributed by atoms with van der Waals surface area (Å²) < 4.78 is 48.3. The van der Waals surface area contributed by atoms with Crippen molar-refractivity contribution in [3.63, 3.8) is 0 Å². The molecule has 1 aliphatic carbocycles. The van der Waals surface area contributed by atoms with Gasteiger partial charge in [0, 0.05) is 18.0 Å². The molecule has 2 aromatic rings. The standard InChI is InChI=1S/C19H17Cl2F3N2O3/c20-13-8-25-9-14(21)17(13)26-18(27)11-5-6-15(28-10-19(22,23)24)16(7-11)29-12-3-1-2-4-12/h5-9,12H,1-4,10H2,(H,25,26,27). The predicted octanol–water partition coefficient (Wildman–Crippen LogP) is 5.90. The van der Waals surface area contributed by atoms with Gasteiger partial charge in [0.2, 0.25) is 0 Å². The van der Waals surface area contributed by atoms with Crippen molar-refractivity contribution in [3.05, 3.63) is 46.2 Å². The summed E-state index contributed by atoms with van der Waals surface area (Å²) in [5.74, 6) is -0.551. The highest BCUT2D eigenvalue weighted by molar-refractivity contribution is 6.39. The van der Waals surface area contributed by atoms with Crippen LogP contribution in [0.1, 0.15) is 36.0 Å². The van der Waals surface area contributed by atoms with Crippen molar-refractivity contribution in [1.82, 2.24) is 4.98 Å². The molecule has 156 valence electrons. The van der Waals surface area contributed by atoms with Crippen molar-refractivity contribution in [2.24, 2.45) is 0 Å². The Balaban J connectivity index is 1.83. The zero-order chi connectivity index (χ0) is 21.0. The Morgan fingerprint density at radius 1 is 1.14 bits per heavy atom. The van der Waals surface area contributed by atoms with E-state index in [9.17, 15) is 18.0 Å². The van der Waals surface area contributed by atoms with E-state index in [0.29, 0.717) is 0 Å².